The van der Waals surface area contributed by atoms with Crippen LogP contribution < -0.4 is 4.90 Å². The summed E-state index contributed by atoms with van der Waals surface area (Å²) in [5.74, 6) is -0.733. The number of carboxylic acid groups (broad SMARTS) is 1. The molecule has 2 aromatic rings. The zero-order valence-electron chi connectivity index (χ0n) is 16.6. The van der Waals surface area contributed by atoms with Gasteiger partial charge in [-0.2, -0.15) is 0 Å². The molecular formula is C24H26BrNO3. The van der Waals surface area contributed by atoms with Gasteiger partial charge in [0, 0.05) is 21.7 Å². The number of carbonyl (C=O) groups is 2. The lowest BCUT2D eigenvalue weighted by molar-refractivity contribution is -0.132. The second kappa shape index (κ2) is 9.88. The van der Waals surface area contributed by atoms with Gasteiger partial charge in [-0.3, -0.25) is 4.79 Å². The molecule has 4 nitrogen and oxygen atoms in total. The van der Waals surface area contributed by atoms with Crippen molar-refractivity contribution in [1.82, 2.24) is 0 Å². The Hall–Kier alpha value is -2.40. The second-order valence-corrected chi connectivity index (χ2v) is 8.53. The molecule has 0 heterocycles. The van der Waals surface area contributed by atoms with E-state index in [1.165, 1.54) is 6.42 Å². The lowest BCUT2D eigenvalue weighted by Gasteiger charge is -2.30. The summed E-state index contributed by atoms with van der Waals surface area (Å²) in [6.07, 6.45) is 6.91. The Morgan fingerprint density at radius 2 is 1.79 bits per heavy atom. The first kappa shape index (κ1) is 21.3. The van der Waals surface area contributed by atoms with Gasteiger partial charge in [0.15, 0.2) is 0 Å². The highest BCUT2D eigenvalue weighted by Gasteiger charge is 2.27. The lowest BCUT2D eigenvalue weighted by atomic mass is 9.88. The van der Waals surface area contributed by atoms with Crippen LogP contribution in [0.25, 0.3) is 6.08 Å². The first-order valence-corrected chi connectivity index (χ1v) is 10.8. The van der Waals surface area contributed by atoms with Crippen molar-refractivity contribution in [2.45, 2.75) is 45.6 Å². The summed E-state index contributed by atoms with van der Waals surface area (Å²) in [6.45, 7) is 2.06. The van der Waals surface area contributed by atoms with Gasteiger partial charge in [0.25, 0.3) is 0 Å². The molecule has 3 rings (SSSR count). The Bertz CT molecular complexity index is 899. The molecule has 0 saturated heterocycles. The van der Waals surface area contributed by atoms with Gasteiger partial charge >= 0.3 is 5.97 Å². The average Bonchev–Trinajstić information content (AvgIpc) is 2.73. The van der Waals surface area contributed by atoms with E-state index in [0.717, 1.165) is 47.0 Å². The molecule has 1 saturated carbocycles. The fourth-order valence-electron chi connectivity index (χ4n) is 3.73. The largest absolute Gasteiger partial charge is 0.478 e. The van der Waals surface area contributed by atoms with Gasteiger partial charge < -0.3 is 10.0 Å². The number of hydrogen-bond donors (Lipinski definition) is 1. The van der Waals surface area contributed by atoms with E-state index in [1.807, 2.05) is 53.4 Å². The van der Waals surface area contributed by atoms with E-state index < -0.39 is 5.97 Å². The molecule has 1 amide bonds. The summed E-state index contributed by atoms with van der Waals surface area (Å²) < 4.78 is 1.00. The van der Waals surface area contributed by atoms with E-state index in [1.54, 1.807) is 13.0 Å². The maximum absolute atomic E-state index is 13.4. The van der Waals surface area contributed by atoms with Crippen LogP contribution in [0.4, 0.5) is 5.69 Å². The summed E-state index contributed by atoms with van der Waals surface area (Å²) >= 11 is 3.46. The van der Waals surface area contributed by atoms with Crippen LogP contribution in [0.3, 0.4) is 0 Å². The summed E-state index contributed by atoms with van der Waals surface area (Å²) in [5, 5.41) is 9.16. The molecule has 0 spiro atoms. The third-order valence-corrected chi connectivity index (χ3v) is 5.91. The SMILES string of the molecule is CC(=Cc1cccc(N(Cc2ccc(Br)cc2)C(=O)C2CCCCC2)c1)C(=O)O. The minimum atomic E-state index is -0.944. The van der Waals surface area contributed by atoms with Crippen LogP contribution in [-0.4, -0.2) is 17.0 Å². The first-order valence-electron chi connectivity index (χ1n) is 10.0. The number of halogens is 1. The highest BCUT2D eigenvalue weighted by Crippen LogP contribution is 2.29. The van der Waals surface area contributed by atoms with Gasteiger partial charge in [-0.1, -0.05) is 59.5 Å². The number of aliphatic carboxylic acids is 1. The number of amides is 1. The Labute approximate surface area is 180 Å². The van der Waals surface area contributed by atoms with Gasteiger partial charge in [-0.15, -0.1) is 0 Å². The Balaban J connectivity index is 1.93. The normalized spacial score (nSPS) is 15.2. The van der Waals surface area contributed by atoms with E-state index in [2.05, 4.69) is 15.9 Å². The predicted octanol–water partition coefficient (Wildman–Crippen LogP) is 6.05. The van der Waals surface area contributed by atoms with Crippen molar-refractivity contribution in [1.29, 1.82) is 0 Å². The molecule has 0 unspecified atom stereocenters. The fourth-order valence-corrected chi connectivity index (χ4v) is 4.00. The Kier molecular flexibility index (Phi) is 7.26. The molecule has 152 valence electrons. The third-order valence-electron chi connectivity index (χ3n) is 5.38. The lowest BCUT2D eigenvalue weighted by Crippen LogP contribution is -2.36. The monoisotopic (exact) mass is 455 g/mol. The van der Waals surface area contributed by atoms with Crippen LogP contribution in [0.5, 0.6) is 0 Å². The predicted molar refractivity (Wildman–Crippen MR) is 120 cm³/mol. The minimum Gasteiger partial charge on any atom is -0.478 e. The maximum atomic E-state index is 13.4. The summed E-state index contributed by atoms with van der Waals surface area (Å²) in [6, 6.07) is 15.5. The topological polar surface area (TPSA) is 57.6 Å². The molecule has 2 aromatic carbocycles. The molecule has 1 aliphatic carbocycles. The molecule has 1 aliphatic rings. The third kappa shape index (κ3) is 5.80. The Morgan fingerprint density at radius 3 is 2.45 bits per heavy atom. The van der Waals surface area contributed by atoms with E-state index in [-0.39, 0.29) is 17.4 Å². The number of rotatable bonds is 6. The van der Waals surface area contributed by atoms with Crippen molar-refractivity contribution in [2.75, 3.05) is 4.90 Å². The van der Waals surface area contributed by atoms with Crippen LogP contribution in [0.15, 0.2) is 58.6 Å². The van der Waals surface area contributed by atoms with Gasteiger partial charge in [-0.25, -0.2) is 4.79 Å². The highest BCUT2D eigenvalue weighted by atomic mass is 79.9. The van der Waals surface area contributed by atoms with Crippen molar-refractivity contribution in [2.24, 2.45) is 5.92 Å². The molecule has 29 heavy (non-hydrogen) atoms. The van der Waals surface area contributed by atoms with Crippen molar-refractivity contribution < 1.29 is 14.7 Å². The van der Waals surface area contributed by atoms with Crippen LogP contribution in [0, 0.1) is 5.92 Å². The standard InChI is InChI=1S/C24H26BrNO3/c1-17(24(28)29)14-19-6-5-9-22(15-19)26(16-18-10-12-21(25)13-11-18)23(27)20-7-3-2-4-8-20/h5-6,9-15,20H,2-4,7-8,16H2,1H3,(H,28,29). The smallest absolute Gasteiger partial charge is 0.331 e. The van der Waals surface area contributed by atoms with E-state index in [0.29, 0.717) is 6.54 Å². The van der Waals surface area contributed by atoms with Gasteiger partial charge in [0.2, 0.25) is 5.91 Å². The second-order valence-electron chi connectivity index (χ2n) is 7.61. The molecular weight excluding hydrogens is 430 g/mol. The van der Waals surface area contributed by atoms with E-state index in [4.69, 9.17) is 5.11 Å². The molecule has 1 N–H and O–H groups in total. The maximum Gasteiger partial charge on any atom is 0.331 e. The number of nitrogens with zero attached hydrogens (tertiary/aromatic N) is 1. The molecule has 1 fully saturated rings. The molecule has 0 atom stereocenters. The minimum absolute atomic E-state index is 0.0548. The van der Waals surface area contributed by atoms with Gasteiger partial charge in [0.1, 0.15) is 0 Å². The zero-order chi connectivity index (χ0) is 20.8. The van der Waals surface area contributed by atoms with Crippen molar-refractivity contribution in [3.05, 3.63) is 69.7 Å². The Morgan fingerprint density at radius 1 is 1.10 bits per heavy atom. The number of benzene rings is 2. The van der Waals surface area contributed by atoms with Crippen molar-refractivity contribution in [3.8, 4) is 0 Å². The van der Waals surface area contributed by atoms with Gasteiger partial charge in [0.05, 0.1) is 6.54 Å². The zero-order valence-corrected chi connectivity index (χ0v) is 18.2. The van der Waals surface area contributed by atoms with E-state index in [9.17, 15) is 9.59 Å². The summed E-state index contributed by atoms with van der Waals surface area (Å²) in [5.41, 5.74) is 2.90. The average molecular weight is 456 g/mol. The van der Waals surface area contributed by atoms with E-state index >= 15 is 0 Å². The highest BCUT2D eigenvalue weighted by molar-refractivity contribution is 9.10. The van der Waals surface area contributed by atoms with Crippen LogP contribution in [0.1, 0.15) is 50.2 Å². The number of carboxylic acids is 1. The van der Waals surface area contributed by atoms with Crippen LogP contribution in [0.2, 0.25) is 0 Å². The van der Waals surface area contributed by atoms with Crippen molar-refractivity contribution in [3.63, 3.8) is 0 Å². The number of carbonyl (C=O) groups excluding carboxylic acids is 1. The molecule has 0 aromatic heterocycles. The summed E-state index contributed by atoms with van der Waals surface area (Å²) in [7, 11) is 0. The number of anilines is 1. The van der Waals surface area contributed by atoms with Crippen LogP contribution >= 0.6 is 15.9 Å². The molecule has 5 heteroatoms. The first-order chi connectivity index (χ1) is 13.9. The van der Waals surface area contributed by atoms with Crippen molar-refractivity contribution >= 4 is 39.6 Å². The quantitative estimate of drug-likeness (QED) is 0.539. The molecule has 0 bridgehead atoms. The number of hydrogen-bond acceptors (Lipinski definition) is 2. The van der Waals surface area contributed by atoms with Crippen LogP contribution in [-0.2, 0) is 16.1 Å². The molecule has 0 radical (unpaired) electrons. The molecule has 0 aliphatic heterocycles. The fraction of sp³-hybridized carbons (Fsp3) is 0.333. The summed E-state index contributed by atoms with van der Waals surface area (Å²) in [4.78, 5) is 26.4. The van der Waals surface area contributed by atoms with Gasteiger partial charge in [-0.05, 0) is 61.2 Å².